The van der Waals surface area contributed by atoms with Gasteiger partial charge in [0.25, 0.3) is 0 Å². The summed E-state index contributed by atoms with van der Waals surface area (Å²) in [5, 5.41) is 5.09. The van der Waals surface area contributed by atoms with Gasteiger partial charge >= 0.3 is 6.09 Å². The number of nitrogens with zero attached hydrogens (tertiary/aromatic N) is 6. The molecular weight excluding hydrogens is 540 g/mol. The number of hydrogen-bond acceptors (Lipinski definition) is 7. The molecule has 2 saturated heterocycles. The van der Waals surface area contributed by atoms with Gasteiger partial charge in [-0.25, -0.2) is 22.2 Å². The van der Waals surface area contributed by atoms with E-state index in [0.29, 0.717) is 18.7 Å². The number of amides is 1. The van der Waals surface area contributed by atoms with Gasteiger partial charge in [-0.3, -0.25) is 9.58 Å². The highest BCUT2D eigenvalue weighted by Crippen LogP contribution is 2.45. The molecule has 218 valence electrons. The van der Waals surface area contributed by atoms with Crippen LogP contribution in [0.2, 0.25) is 0 Å². The van der Waals surface area contributed by atoms with Crippen molar-refractivity contribution >= 4 is 32.8 Å². The minimum Gasteiger partial charge on any atom is -0.444 e. The van der Waals surface area contributed by atoms with Gasteiger partial charge in [-0.2, -0.15) is 5.10 Å². The van der Waals surface area contributed by atoms with Gasteiger partial charge < -0.3 is 9.64 Å². The normalized spacial score (nSPS) is 26.5. The molecule has 1 amide bonds. The molecule has 2 fully saturated rings. The first kappa shape index (κ1) is 27.6. The van der Waals surface area contributed by atoms with Crippen molar-refractivity contribution in [2.45, 2.75) is 75.8 Å². The van der Waals surface area contributed by atoms with Crippen molar-refractivity contribution in [3.05, 3.63) is 66.3 Å². The summed E-state index contributed by atoms with van der Waals surface area (Å²) in [5.41, 5.74) is 2.58. The standard InChI is InChI=1S/C30H38N6O4S/c1-20-8-7-13-30(5,26(20)21-16-32-33(6)17-21)41(38,39)35-15-12-24-25(11-14-31-27(24)35)34-18-22-9-10-23(19-34)36(22)28(37)40-29(2,3)4/h7-8,11-17,22-23,26H,9-10,18-19H2,1-6H3. The van der Waals surface area contributed by atoms with Crippen LogP contribution in [0.1, 0.15) is 58.9 Å². The van der Waals surface area contributed by atoms with E-state index in [1.807, 2.05) is 70.1 Å². The molecule has 0 aromatic carbocycles. The van der Waals surface area contributed by atoms with Gasteiger partial charge in [0, 0.05) is 55.7 Å². The molecule has 0 radical (unpaired) electrons. The lowest BCUT2D eigenvalue weighted by Crippen LogP contribution is -2.56. The second-order valence-electron chi connectivity index (χ2n) is 12.7. The summed E-state index contributed by atoms with van der Waals surface area (Å²) in [6.45, 7) is 10.7. The van der Waals surface area contributed by atoms with Crippen molar-refractivity contribution in [1.82, 2.24) is 23.6 Å². The molecule has 3 aliphatic rings. The molecule has 4 atom stereocenters. The van der Waals surface area contributed by atoms with Crippen LogP contribution in [0.3, 0.4) is 0 Å². The topological polar surface area (TPSA) is 103 Å². The van der Waals surface area contributed by atoms with Gasteiger partial charge in [-0.15, -0.1) is 0 Å². The first-order chi connectivity index (χ1) is 19.3. The summed E-state index contributed by atoms with van der Waals surface area (Å²) < 4.78 is 36.5. The molecule has 4 unspecified atom stereocenters. The predicted molar refractivity (Wildman–Crippen MR) is 158 cm³/mol. The summed E-state index contributed by atoms with van der Waals surface area (Å²) >= 11 is 0. The second kappa shape index (κ2) is 9.47. The Morgan fingerprint density at radius 3 is 2.49 bits per heavy atom. The molecule has 11 heteroatoms. The number of anilines is 1. The van der Waals surface area contributed by atoms with E-state index in [4.69, 9.17) is 4.74 Å². The van der Waals surface area contributed by atoms with Crippen LogP contribution in [0, 0.1) is 0 Å². The highest BCUT2D eigenvalue weighted by Gasteiger charge is 2.49. The van der Waals surface area contributed by atoms with Gasteiger partial charge in [-0.1, -0.05) is 23.8 Å². The lowest BCUT2D eigenvalue weighted by Gasteiger charge is -2.42. The number of aryl methyl sites for hydroxylation is 1. The molecule has 5 heterocycles. The zero-order valence-electron chi connectivity index (χ0n) is 24.5. The van der Waals surface area contributed by atoms with E-state index in [-0.39, 0.29) is 18.2 Å². The lowest BCUT2D eigenvalue weighted by molar-refractivity contribution is 0.0123. The van der Waals surface area contributed by atoms with Crippen molar-refractivity contribution in [3.63, 3.8) is 0 Å². The molecule has 41 heavy (non-hydrogen) atoms. The number of hydrogen-bond donors (Lipinski definition) is 0. The van der Waals surface area contributed by atoms with E-state index in [1.165, 1.54) is 3.97 Å². The van der Waals surface area contributed by atoms with E-state index in [2.05, 4.69) is 15.0 Å². The van der Waals surface area contributed by atoms with Crippen LogP contribution in [-0.4, -0.2) is 73.7 Å². The minimum absolute atomic E-state index is 0.0407. The van der Waals surface area contributed by atoms with Crippen molar-refractivity contribution in [2.75, 3.05) is 18.0 Å². The molecule has 10 nitrogen and oxygen atoms in total. The zero-order valence-corrected chi connectivity index (χ0v) is 25.3. The van der Waals surface area contributed by atoms with E-state index < -0.39 is 26.3 Å². The Bertz CT molecular complexity index is 1670. The summed E-state index contributed by atoms with van der Waals surface area (Å²) in [6, 6.07) is 3.86. The Labute approximate surface area is 241 Å². The monoisotopic (exact) mass is 578 g/mol. The van der Waals surface area contributed by atoms with Gasteiger partial charge in [0.2, 0.25) is 10.0 Å². The van der Waals surface area contributed by atoms with E-state index >= 15 is 0 Å². The average Bonchev–Trinajstić information content (AvgIpc) is 3.58. The Balaban J connectivity index is 1.34. The van der Waals surface area contributed by atoms with Crippen molar-refractivity contribution < 1.29 is 17.9 Å². The fourth-order valence-electron chi connectivity index (χ4n) is 6.85. The molecule has 0 spiro atoms. The Morgan fingerprint density at radius 2 is 1.85 bits per heavy atom. The van der Waals surface area contributed by atoms with Crippen LogP contribution in [0.4, 0.5) is 10.5 Å². The molecule has 3 aromatic rings. The Kier molecular flexibility index (Phi) is 6.37. The molecular formula is C30H38N6O4S. The molecule has 2 aliphatic heterocycles. The smallest absolute Gasteiger partial charge is 0.410 e. The van der Waals surface area contributed by atoms with Crippen LogP contribution < -0.4 is 4.90 Å². The summed E-state index contributed by atoms with van der Waals surface area (Å²) in [6.07, 6.45) is 14.0. The third-order valence-electron chi connectivity index (χ3n) is 8.65. The molecule has 0 N–H and O–H groups in total. The number of pyridine rings is 1. The number of fused-ring (bicyclic) bond motifs is 3. The third-order valence-corrected chi connectivity index (χ3v) is 10.9. The maximum atomic E-state index is 14.5. The molecule has 2 bridgehead atoms. The van der Waals surface area contributed by atoms with Crippen molar-refractivity contribution in [3.8, 4) is 0 Å². The third kappa shape index (κ3) is 4.45. The number of ether oxygens (including phenoxy) is 1. The number of piperazine rings is 1. The lowest BCUT2D eigenvalue weighted by atomic mass is 9.79. The van der Waals surface area contributed by atoms with Crippen molar-refractivity contribution in [2.24, 2.45) is 7.05 Å². The second-order valence-corrected chi connectivity index (χ2v) is 14.9. The van der Waals surface area contributed by atoms with Crippen LogP contribution in [0.25, 0.3) is 11.0 Å². The fourth-order valence-corrected chi connectivity index (χ4v) is 8.74. The highest BCUT2D eigenvalue weighted by atomic mass is 32.2. The fraction of sp³-hybridized carbons (Fsp3) is 0.500. The molecule has 0 saturated carbocycles. The Hall–Kier alpha value is -3.60. The minimum atomic E-state index is -3.96. The number of rotatable bonds is 4. The maximum Gasteiger partial charge on any atom is 0.410 e. The summed E-state index contributed by atoms with van der Waals surface area (Å²) in [7, 11) is -2.13. The van der Waals surface area contributed by atoms with Gasteiger partial charge in [-0.05, 0) is 65.2 Å². The number of aromatic nitrogens is 4. The molecule has 6 rings (SSSR count). The summed E-state index contributed by atoms with van der Waals surface area (Å²) in [5.74, 6) is -0.400. The van der Waals surface area contributed by atoms with E-state index in [9.17, 15) is 13.2 Å². The maximum absolute atomic E-state index is 14.5. The van der Waals surface area contributed by atoms with E-state index in [0.717, 1.165) is 35.1 Å². The number of allylic oxidation sites excluding steroid dienone is 3. The first-order valence-electron chi connectivity index (χ1n) is 14.1. The van der Waals surface area contributed by atoms with Gasteiger partial charge in [0.15, 0.2) is 5.65 Å². The van der Waals surface area contributed by atoms with Crippen molar-refractivity contribution in [1.29, 1.82) is 0 Å². The summed E-state index contributed by atoms with van der Waals surface area (Å²) in [4.78, 5) is 21.7. The SMILES string of the molecule is CC1=CC=CC(C)(S(=O)(=O)n2ccc3c(N4CC5CCC(C4)N5C(=O)OC(C)(C)C)ccnc32)C1c1cnn(C)c1. The molecule has 3 aromatic heterocycles. The van der Waals surface area contributed by atoms with Crippen LogP contribution >= 0.6 is 0 Å². The predicted octanol–water partition coefficient (Wildman–Crippen LogP) is 4.59. The van der Waals surface area contributed by atoms with Gasteiger partial charge in [0.1, 0.15) is 10.3 Å². The Morgan fingerprint density at radius 1 is 1.15 bits per heavy atom. The zero-order chi connectivity index (χ0) is 29.3. The average molecular weight is 579 g/mol. The van der Waals surface area contributed by atoms with Crippen LogP contribution in [0.15, 0.2) is 60.7 Å². The number of carbonyl (C=O) groups excluding carboxylic acids is 1. The largest absolute Gasteiger partial charge is 0.444 e. The van der Waals surface area contributed by atoms with E-state index in [1.54, 1.807) is 36.3 Å². The van der Waals surface area contributed by atoms with Crippen LogP contribution in [-0.2, 0) is 21.8 Å². The quantitative estimate of drug-likeness (QED) is 0.446. The highest BCUT2D eigenvalue weighted by molar-refractivity contribution is 7.91. The van der Waals surface area contributed by atoms with Gasteiger partial charge in [0.05, 0.1) is 18.3 Å². The first-order valence-corrected chi connectivity index (χ1v) is 15.6. The number of carbonyl (C=O) groups is 1. The van der Waals surface area contributed by atoms with Crippen LogP contribution in [0.5, 0.6) is 0 Å². The molecule has 1 aliphatic carbocycles.